The number of benzene rings is 2. The lowest BCUT2D eigenvalue weighted by molar-refractivity contribution is 0.102. The van der Waals surface area contributed by atoms with Gasteiger partial charge in [0.2, 0.25) is 0 Å². The molecule has 0 saturated heterocycles. The Morgan fingerprint density at radius 2 is 1.61 bits per heavy atom. The van der Waals surface area contributed by atoms with Crippen molar-refractivity contribution in [1.29, 1.82) is 0 Å². The Hall–Kier alpha value is -2.92. The Morgan fingerprint density at radius 1 is 0.870 bits per heavy atom. The Morgan fingerprint density at radius 3 is 2.26 bits per heavy atom. The van der Waals surface area contributed by atoms with Gasteiger partial charge in [0.05, 0.1) is 12.4 Å². The van der Waals surface area contributed by atoms with E-state index in [2.05, 4.69) is 20.6 Å². The summed E-state index contributed by atoms with van der Waals surface area (Å²) in [4.78, 5) is 20.4. The van der Waals surface area contributed by atoms with Crippen LogP contribution < -0.4 is 10.6 Å². The molecule has 0 aliphatic carbocycles. The van der Waals surface area contributed by atoms with E-state index in [1.807, 2.05) is 30.3 Å². The molecular formula is C17H13ClN4O. The van der Waals surface area contributed by atoms with E-state index in [1.54, 1.807) is 24.3 Å². The lowest BCUT2D eigenvalue weighted by Gasteiger charge is -2.07. The lowest BCUT2D eigenvalue weighted by Crippen LogP contribution is -2.14. The standard InChI is InChI=1S/C17H13ClN4O/c18-12-6-8-14(9-7-12)22-17(23)15-10-20-16(11-19-15)21-13-4-2-1-3-5-13/h1-11H,(H,20,21)(H,22,23). The van der Waals surface area contributed by atoms with Crippen molar-refractivity contribution in [2.45, 2.75) is 0 Å². The fraction of sp³-hybridized carbons (Fsp3) is 0. The number of para-hydroxylation sites is 1. The van der Waals surface area contributed by atoms with Crippen molar-refractivity contribution in [2.75, 3.05) is 10.6 Å². The molecular weight excluding hydrogens is 312 g/mol. The quantitative estimate of drug-likeness (QED) is 0.757. The van der Waals surface area contributed by atoms with Crippen molar-refractivity contribution >= 4 is 34.7 Å². The minimum atomic E-state index is -0.328. The first kappa shape index (κ1) is 15.0. The molecule has 3 rings (SSSR count). The molecule has 2 N–H and O–H groups in total. The first-order chi connectivity index (χ1) is 11.2. The Kier molecular flexibility index (Phi) is 4.49. The molecule has 0 bridgehead atoms. The molecule has 2 aromatic carbocycles. The molecule has 1 aromatic heterocycles. The van der Waals surface area contributed by atoms with Crippen LogP contribution in [-0.2, 0) is 0 Å². The molecule has 1 amide bonds. The molecule has 1 heterocycles. The third-order valence-corrected chi connectivity index (χ3v) is 3.28. The van der Waals surface area contributed by atoms with Gasteiger partial charge in [0.15, 0.2) is 0 Å². The zero-order valence-corrected chi connectivity index (χ0v) is 12.8. The highest BCUT2D eigenvalue weighted by Gasteiger charge is 2.08. The first-order valence-electron chi connectivity index (χ1n) is 6.92. The number of hydrogen-bond donors (Lipinski definition) is 2. The molecule has 0 saturated carbocycles. The van der Waals surface area contributed by atoms with Crippen molar-refractivity contribution in [2.24, 2.45) is 0 Å². The Balaban J connectivity index is 1.66. The van der Waals surface area contributed by atoms with Gasteiger partial charge in [-0.25, -0.2) is 9.97 Å². The summed E-state index contributed by atoms with van der Waals surface area (Å²) in [7, 11) is 0. The SMILES string of the molecule is O=C(Nc1ccc(Cl)cc1)c1cnc(Nc2ccccc2)cn1. The molecule has 114 valence electrons. The average Bonchev–Trinajstić information content (AvgIpc) is 2.58. The second-order valence-electron chi connectivity index (χ2n) is 4.74. The number of hydrogen-bond acceptors (Lipinski definition) is 4. The van der Waals surface area contributed by atoms with E-state index >= 15 is 0 Å². The van der Waals surface area contributed by atoms with Gasteiger partial charge in [0.25, 0.3) is 5.91 Å². The Labute approximate surface area is 138 Å². The van der Waals surface area contributed by atoms with E-state index in [-0.39, 0.29) is 11.6 Å². The smallest absolute Gasteiger partial charge is 0.275 e. The number of carbonyl (C=O) groups is 1. The van der Waals surface area contributed by atoms with E-state index in [1.165, 1.54) is 12.4 Å². The highest BCUT2D eigenvalue weighted by Crippen LogP contribution is 2.15. The summed E-state index contributed by atoms with van der Waals surface area (Å²) in [6.07, 6.45) is 2.94. The van der Waals surface area contributed by atoms with Gasteiger partial charge in [0.1, 0.15) is 11.5 Å². The van der Waals surface area contributed by atoms with Gasteiger partial charge in [-0.1, -0.05) is 29.8 Å². The molecule has 0 unspecified atom stereocenters. The summed E-state index contributed by atoms with van der Waals surface area (Å²) >= 11 is 5.81. The van der Waals surface area contributed by atoms with Crippen LogP contribution in [0.15, 0.2) is 67.0 Å². The normalized spacial score (nSPS) is 10.1. The van der Waals surface area contributed by atoms with Crippen LogP contribution in [0.1, 0.15) is 10.5 Å². The zero-order chi connectivity index (χ0) is 16.1. The number of nitrogens with zero attached hydrogens (tertiary/aromatic N) is 2. The van der Waals surface area contributed by atoms with Crippen LogP contribution in [0.3, 0.4) is 0 Å². The number of nitrogens with one attached hydrogen (secondary N) is 2. The summed E-state index contributed by atoms with van der Waals surface area (Å²) in [5.74, 6) is 0.241. The molecule has 0 spiro atoms. The zero-order valence-electron chi connectivity index (χ0n) is 12.0. The molecule has 0 aliphatic heterocycles. The molecule has 0 atom stereocenters. The van der Waals surface area contributed by atoms with Crippen molar-refractivity contribution in [1.82, 2.24) is 9.97 Å². The van der Waals surface area contributed by atoms with E-state index in [0.717, 1.165) is 5.69 Å². The molecule has 3 aromatic rings. The molecule has 5 nitrogen and oxygen atoms in total. The van der Waals surface area contributed by atoms with Crippen LogP contribution in [0.5, 0.6) is 0 Å². The first-order valence-corrected chi connectivity index (χ1v) is 7.29. The van der Waals surface area contributed by atoms with Gasteiger partial charge in [-0.3, -0.25) is 4.79 Å². The van der Waals surface area contributed by atoms with E-state index in [0.29, 0.717) is 16.5 Å². The lowest BCUT2D eigenvalue weighted by atomic mass is 10.3. The van der Waals surface area contributed by atoms with Crippen LogP contribution >= 0.6 is 11.6 Å². The van der Waals surface area contributed by atoms with Crippen LogP contribution in [0.25, 0.3) is 0 Å². The second kappa shape index (κ2) is 6.89. The molecule has 23 heavy (non-hydrogen) atoms. The fourth-order valence-corrected chi connectivity index (χ4v) is 2.03. The predicted molar refractivity (Wildman–Crippen MR) is 91.2 cm³/mol. The van der Waals surface area contributed by atoms with Crippen molar-refractivity contribution in [3.63, 3.8) is 0 Å². The number of halogens is 1. The molecule has 0 radical (unpaired) electrons. The van der Waals surface area contributed by atoms with Crippen molar-refractivity contribution in [3.05, 3.63) is 77.7 Å². The van der Waals surface area contributed by atoms with Gasteiger partial charge in [0, 0.05) is 16.4 Å². The minimum absolute atomic E-state index is 0.235. The van der Waals surface area contributed by atoms with Gasteiger partial charge < -0.3 is 10.6 Å². The largest absolute Gasteiger partial charge is 0.339 e. The van der Waals surface area contributed by atoms with Gasteiger partial charge >= 0.3 is 0 Å². The molecule has 6 heteroatoms. The summed E-state index contributed by atoms with van der Waals surface area (Å²) < 4.78 is 0. The van der Waals surface area contributed by atoms with E-state index in [9.17, 15) is 4.79 Å². The third kappa shape index (κ3) is 4.05. The van der Waals surface area contributed by atoms with Crippen molar-refractivity contribution in [3.8, 4) is 0 Å². The Bertz CT molecular complexity index is 789. The number of rotatable bonds is 4. The molecule has 0 fully saturated rings. The van der Waals surface area contributed by atoms with Crippen molar-refractivity contribution < 1.29 is 4.79 Å². The van der Waals surface area contributed by atoms with Gasteiger partial charge in [-0.05, 0) is 36.4 Å². The highest BCUT2D eigenvalue weighted by molar-refractivity contribution is 6.30. The predicted octanol–water partition coefficient (Wildman–Crippen LogP) is 4.13. The van der Waals surface area contributed by atoms with Crippen LogP contribution in [0.4, 0.5) is 17.2 Å². The summed E-state index contributed by atoms with van der Waals surface area (Å²) in [6, 6.07) is 16.5. The maximum absolute atomic E-state index is 12.1. The number of aromatic nitrogens is 2. The average molecular weight is 325 g/mol. The number of carbonyl (C=O) groups excluding carboxylic acids is 1. The van der Waals surface area contributed by atoms with Crippen LogP contribution in [0.2, 0.25) is 5.02 Å². The van der Waals surface area contributed by atoms with Crippen LogP contribution in [0, 0.1) is 0 Å². The van der Waals surface area contributed by atoms with Gasteiger partial charge in [-0.2, -0.15) is 0 Å². The van der Waals surface area contributed by atoms with E-state index in [4.69, 9.17) is 11.6 Å². The topological polar surface area (TPSA) is 66.9 Å². The second-order valence-corrected chi connectivity index (χ2v) is 5.18. The fourth-order valence-electron chi connectivity index (χ4n) is 1.91. The summed E-state index contributed by atoms with van der Waals surface area (Å²) in [6.45, 7) is 0. The summed E-state index contributed by atoms with van der Waals surface area (Å²) in [5, 5.41) is 6.45. The minimum Gasteiger partial charge on any atom is -0.339 e. The maximum Gasteiger partial charge on any atom is 0.275 e. The molecule has 0 aliphatic rings. The third-order valence-electron chi connectivity index (χ3n) is 3.03. The van der Waals surface area contributed by atoms with Gasteiger partial charge in [-0.15, -0.1) is 0 Å². The van der Waals surface area contributed by atoms with Crippen LogP contribution in [-0.4, -0.2) is 15.9 Å². The highest BCUT2D eigenvalue weighted by atomic mass is 35.5. The monoisotopic (exact) mass is 324 g/mol. The summed E-state index contributed by atoms with van der Waals surface area (Å²) in [5.41, 5.74) is 1.78. The number of amides is 1. The van der Waals surface area contributed by atoms with E-state index < -0.39 is 0 Å². The maximum atomic E-state index is 12.1. The number of anilines is 3.